The second-order valence-corrected chi connectivity index (χ2v) is 13.6. The molecule has 12 nitrogen and oxygen atoms in total. The van der Waals surface area contributed by atoms with Gasteiger partial charge in [-0.1, -0.05) is 54.8 Å². The third-order valence-corrected chi connectivity index (χ3v) is 8.25. The van der Waals surface area contributed by atoms with Crippen molar-refractivity contribution in [1.29, 1.82) is 0 Å². The van der Waals surface area contributed by atoms with E-state index in [1.54, 1.807) is 24.9 Å². The summed E-state index contributed by atoms with van der Waals surface area (Å²) in [4.78, 5) is 36.5. The van der Waals surface area contributed by atoms with Crippen LogP contribution in [0.5, 0.6) is 0 Å². The first kappa shape index (κ1) is 37.6. The molecule has 0 saturated carbocycles. The van der Waals surface area contributed by atoms with Crippen molar-refractivity contribution in [3.63, 3.8) is 0 Å². The van der Waals surface area contributed by atoms with Gasteiger partial charge in [0.1, 0.15) is 22.7 Å². The number of benzene rings is 1. The van der Waals surface area contributed by atoms with Crippen LogP contribution in [0.25, 0.3) is 0 Å². The zero-order valence-corrected chi connectivity index (χ0v) is 28.6. The number of halogens is 1. The van der Waals surface area contributed by atoms with Crippen molar-refractivity contribution in [1.82, 2.24) is 23.4 Å². The van der Waals surface area contributed by atoms with Crippen LogP contribution in [-0.2, 0) is 22.6 Å². The molecule has 1 aromatic carbocycles. The largest absolute Gasteiger partial charge is 0.447 e. The van der Waals surface area contributed by atoms with Crippen molar-refractivity contribution in [3.05, 3.63) is 47.5 Å². The van der Waals surface area contributed by atoms with Gasteiger partial charge in [0.25, 0.3) is 0 Å². The number of hydrogen-bond acceptors (Lipinski definition) is 12. The van der Waals surface area contributed by atoms with E-state index in [1.807, 2.05) is 57.5 Å². The molecule has 16 heteroatoms. The molecule has 0 aliphatic heterocycles. The number of aryl methyl sites for hydroxylation is 1. The summed E-state index contributed by atoms with van der Waals surface area (Å²) >= 11 is 9.41. The minimum absolute atomic E-state index is 0.259. The van der Waals surface area contributed by atoms with Crippen LogP contribution in [0.1, 0.15) is 46.6 Å². The molecule has 42 heavy (non-hydrogen) atoms. The zero-order chi connectivity index (χ0) is 31.9. The van der Waals surface area contributed by atoms with Gasteiger partial charge in [0.15, 0.2) is 0 Å². The summed E-state index contributed by atoms with van der Waals surface area (Å²) < 4.78 is 3.89. The molecule has 2 rings (SSSR count). The Kier molecular flexibility index (Phi) is 16.3. The average molecular weight is 662 g/mol. The number of aromatic nitrogens is 3. The molecule has 234 valence electrons. The normalized spacial score (nSPS) is 13.4. The lowest BCUT2D eigenvalue weighted by atomic mass is 9.73. The molecule has 1 unspecified atom stereocenters. The molecule has 0 bridgehead atoms. The van der Waals surface area contributed by atoms with Crippen molar-refractivity contribution in [2.75, 3.05) is 26.6 Å². The van der Waals surface area contributed by atoms with E-state index in [2.05, 4.69) is 30.1 Å². The van der Waals surface area contributed by atoms with E-state index >= 15 is 0 Å². The van der Waals surface area contributed by atoms with Gasteiger partial charge in [0.2, 0.25) is 0 Å². The number of hydrogen-bond donors (Lipinski definition) is 1. The third-order valence-electron chi connectivity index (χ3n) is 5.88. The Morgan fingerprint density at radius 2 is 1.50 bits per heavy atom. The summed E-state index contributed by atoms with van der Waals surface area (Å²) in [6.45, 7) is 9.99. The van der Waals surface area contributed by atoms with E-state index in [1.165, 1.54) is 49.5 Å². The Bertz CT molecular complexity index is 1140. The van der Waals surface area contributed by atoms with Gasteiger partial charge < -0.3 is 5.11 Å². The molecule has 0 spiro atoms. The number of carbonyl (C=O) groups excluding carboxylic acids is 2. The quantitative estimate of drug-likeness (QED) is 0.105. The molecule has 1 heterocycles. The Morgan fingerprint density at radius 1 is 1.00 bits per heavy atom. The number of aliphatic hydroxyl groups is 1. The standard InChI is InChI=1S/C16H22ClN3O.C10H18N4O4S3/c1-15(2,3)16(21,10-20-12-18-11-19-20)9-8-13-4-6-14(17)7-5-13;1-7(19-5)11-17-9(15)13(3)21-14(4)10(16)18-12-8(2)20-6/h4-7,11-12,21H,8-10H2,1-3H3;1-6H3/b;11-7-,12-8-. The lowest BCUT2D eigenvalue weighted by Crippen LogP contribution is -2.47. The molecule has 0 fully saturated rings. The Morgan fingerprint density at radius 3 is 1.90 bits per heavy atom. The van der Waals surface area contributed by atoms with Gasteiger partial charge in [-0.2, -0.15) is 5.10 Å². The summed E-state index contributed by atoms with van der Waals surface area (Å²) in [5.41, 5.74) is 0.0479. The molecule has 1 atom stereocenters. The Labute approximate surface area is 265 Å². The van der Waals surface area contributed by atoms with Gasteiger partial charge in [0, 0.05) is 19.1 Å². The van der Waals surface area contributed by atoms with Crippen LogP contribution >= 0.6 is 47.3 Å². The molecule has 0 aliphatic carbocycles. The number of nitrogens with zero attached hydrogens (tertiary/aromatic N) is 7. The van der Waals surface area contributed by atoms with Crippen molar-refractivity contribution < 1.29 is 24.4 Å². The second kappa shape index (κ2) is 18.3. The maximum absolute atomic E-state index is 11.6. The van der Waals surface area contributed by atoms with Gasteiger partial charge >= 0.3 is 12.2 Å². The van der Waals surface area contributed by atoms with Crippen molar-refractivity contribution in [2.45, 2.75) is 59.6 Å². The van der Waals surface area contributed by atoms with Crippen molar-refractivity contribution in [3.8, 4) is 0 Å². The predicted molar refractivity (Wildman–Crippen MR) is 174 cm³/mol. The summed E-state index contributed by atoms with van der Waals surface area (Å²) in [6, 6.07) is 7.76. The van der Waals surface area contributed by atoms with Crippen LogP contribution in [0.4, 0.5) is 9.59 Å². The van der Waals surface area contributed by atoms with E-state index in [4.69, 9.17) is 11.6 Å². The minimum atomic E-state index is -0.861. The van der Waals surface area contributed by atoms with Crippen LogP contribution in [0.15, 0.2) is 47.2 Å². The molecule has 0 saturated heterocycles. The third kappa shape index (κ3) is 13.7. The van der Waals surface area contributed by atoms with Gasteiger partial charge in [-0.3, -0.25) is 14.4 Å². The zero-order valence-electron chi connectivity index (χ0n) is 25.4. The number of amides is 2. The highest BCUT2D eigenvalue weighted by Gasteiger charge is 2.40. The first-order valence-corrected chi connectivity index (χ1v) is 16.2. The number of thioether (sulfide) groups is 2. The van der Waals surface area contributed by atoms with Crippen molar-refractivity contribution >= 4 is 69.5 Å². The van der Waals surface area contributed by atoms with Gasteiger partial charge in [0.05, 0.1) is 24.3 Å². The van der Waals surface area contributed by atoms with E-state index < -0.39 is 17.8 Å². The highest BCUT2D eigenvalue weighted by molar-refractivity contribution is 8.13. The van der Waals surface area contributed by atoms with Crippen LogP contribution in [0, 0.1) is 5.41 Å². The average Bonchev–Trinajstić information content (AvgIpc) is 3.46. The Hall–Kier alpha value is -2.46. The molecule has 0 aliphatic rings. The van der Waals surface area contributed by atoms with Crippen LogP contribution in [0.3, 0.4) is 0 Å². The van der Waals surface area contributed by atoms with Crippen LogP contribution in [0.2, 0.25) is 5.02 Å². The van der Waals surface area contributed by atoms with E-state index in [-0.39, 0.29) is 5.41 Å². The minimum Gasteiger partial charge on any atom is -0.387 e. The predicted octanol–water partition coefficient (Wildman–Crippen LogP) is 6.42. The second-order valence-electron chi connectivity index (χ2n) is 9.92. The molecule has 2 amide bonds. The lowest BCUT2D eigenvalue weighted by molar-refractivity contribution is -0.0796. The van der Waals surface area contributed by atoms with E-state index in [9.17, 15) is 14.7 Å². The van der Waals surface area contributed by atoms with Gasteiger partial charge in [-0.15, -0.1) is 23.5 Å². The van der Waals surface area contributed by atoms with Crippen LogP contribution in [-0.4, -0.2) is 83.0 Å². The monoisotopic (exact) mass is 661 g/mol. The number of rotatable bonds is 9. The highest BCUT2D eigenvalue weighted by Crippen LogP contribution is 2.35. The lowest BCUT2D eigenvalue weighted by Gasteiger charge is -2.40. The summed E-state index contributed by atoms with van der Waals surface area (Å²) in [6.07, 6.45) is 6.77. The number of carbonyl (C=O) groups is 2. The van der Waals surface area contributed by atoms with Crippen molar-refractivity contribution in [2.24, 2.45) is 15.7 Å². The molecular formula is C26H40ClN7O5S3. The fourth-order valence-corrected chi connectivity index (χ4v) is 3.84. The van der Waals surface area contributed by atoms with Crippen LogP contribution < -0.4 is 0 Å². The SMILES string of the molecule is CC(C)(C)C(O)(CCc1ccc(Cl)cc1)Cn1cncn1.CS/C(C)=N\OC(=O)N(C)SN(C)C(=O)O/N=C(/C)SC. The topological polar surface area (TPSA) is 135 Å². The summed E-state index contributed by atoms with van der Waals surface area (Å²) in [5, 5.41) is 24.4. The maximum Gasteiger partial charge on any atom is 0.447 e. The summed E-state index contributed by atoms with van der Waals surface area (Å²) in [7, 11) is 2.88. The summed E-state index contributed by atoms with van der Waals surface area (Å²) in [5.74, 6) is 0. The first-order valence-electron chi connectivity index (χ1n) is 12.7. The molecular weight excluding hydrogens is 622 g/mol. The smallest absolute Gasteiger partial charge is 0.387 e. The highest BCUT2D eigenvalue weighted by atomic mass is 35.5. The Balaban J connectivity index is 0.000000420. The molecule has 0 radical (unpaired) electrons. The van der Waals surface area contributed by atoms with Gasteiger partial charge in [-0.25, -0.2) is 23.2 Å². The molecule has 1 N–H and O–H groups in total. The first-order chi connectivity index (χ1) is 19.6. The maximum atomic E-state index is 11.6. The molecule has 1 aromatic heterocycles. The molecule has 2 aromatic rings. The fraction of sp³-hybridized carbons (Fsp3) is 0.538. The number of oxime groups is 2. The fourth-order valence-electron chi connectivity index (χ4n) is 2.92. The van der Waals surface area contributed by atoms with Gasteiger partial charge in [-0.05, 0) is 62.3 Å². The van der Waals surface area contributed by atoms with E-state index in [0.29, 0.717) is 23.1 Å². The van der Waals surface area contributed by atoms with E-state index in [0.717, 1.165) is 32.2 Å².